The number of nitrogens with zero attached hydrogens (tertiary/aromatic N) is 1. The SMILES string of the molecule is CCN(CC(CBr)C(C)(C)C)c1ccccc1C. The second-order valence-corrected chi connectivity index (χ2v) is 6.69. The Morgan fingerprint density at radius 1 is 1.22 bits per heavy atom. The van der Waals surface area contributed by atoms with E-state index < -0.39 is 0 Å². The van der Waals surface area contributed by atoms with Gasteiger partial charge in [0.05, 0.1) is 0 Å². The van der Waals surface area contributed by atoms with Crippen LogP contribution >= 0.6 is 15.9 Å². The largest absolute Gasteiger partial charge is 0.371 e. The number of alkyl halides is 1. The van der Waals surface area contributed by atoms with Crippen LogP contribution in [0.5, 0.6) is 0 Å². The highest BCUT2D eigenvalue weighted by atomic mass is 79.9. The molecule has 0 N–H and O–H groups in total. The first-order valence-corrected chi connectivity index (χ1v) is 7.88. The number of aryl methyl sites for hydroxylation is 1. The fraction of sp³-hybridized carbons (Fsp3) is 0.625. The summed E-state index contributed by atoms with van der Waals surface area (Å²) in [5.41, 5.74) is 3.07. The van der Waals surface area contributed by atoms with Crippen LogP contribution in [-0.4, -0.2) is 18.4 Å². The number of para-hydroxylation sites is 1. The van der Waals surface area contributed by atoms with Gasteiger partial charge in [-0.25, -0.2) is 0 Å². The van der Waals surface area contributed by atoms with E-state index in [-0.39, 0.29) is 0 Å². The van der Waals surface area contributed by atoms with Crippen molar-refractivity contribution in [2.75, 3.05) is 23.3 Å². The van der Waals surface area contributed by atoms with Gasteiger partial charge < -0.3 is 4.90 Å². The van der Waals surface area contributed by atoms with E-state index in [0.717, 1.165) is 18.4 Å². The third kappa shape index (κ3) is 4.01. The molecule has 0 heterocycles. The third-order valence-corrected chi connectivity index (χ3v) is 4.47. The van der Waals surface area contributed by atoms with Gasteiger partial charge in [-0.05, 0) is 36.8 Å². The smallest absolute Gasteiger partial charge is 0.0395 e. The van der Waals surface area contributed by atoms with Crippen LogP contribution in [0.2, 0.25) is 0 Å². The molecule has 0 aromatic heterocycles. The highest BCUT2D eigenvalue weighted by Crippen LogP contribution is 2.30. The summed E-state index contributed by atoms with van der Waals surface area (Å²) in [5.74, 6) is 0.650. The number of hydrogen-bond donors (Lipinski definition) is 0. The molecule has 0 bridgehead atoms. The van der Waals surface area contributed by atoms with E-state index in [1.165, 1.54) is 11.3 Å². The fourth-order valence-corrected chi connectivity index (χ4v) is 3.31. The van der Waals surface area contributed by atoms with E-state index in [0.29, 0.717) is 11.3 Å². The normalized spacial score (nSPS) is 13.4. The Hall–Kier alpha value is -0.500. The van der Waals surface area contributed by atoms with Crippen molar-refractivity contribution in [1.82, 2.24) is 0 Å². The lowest BCUT2D eigenvalue weighted by molar-refractivity contribution is 0.271. The van der Waals surface area contributed by atoms with Crippen LogP contribution < -0.4 is 4.90 Å². The Kier molecular flexibility index (Phi) is 5.71. The van der Waals surface area contributed by atoms with Gasteiger partial charge in [0.25, 0.3) is 0 Å². The maximum Gasteiger partial charge on any atom is 0.0395 e. The molecule has 0 amide bonds. The molecule has 0 saturated carbocycles. The number of halogens is 1. The van der Waals surface area contributed by atoms with Crippen molar-refractivity contribution >= 4 is 21.6 Å². The summed E-state index contributed by atoms with van der Waals surface area (Å²) in [6.07, 6.45) is 0. The average molecular weight is 312 g/mol. The lowest BCUT2D eigenvalue weighted by atomic mass is 9.81. The molecule has 1 aromatic carbocycles. The summed E-state index contributed by atoms with van der Waals surface area (Å²) >= 11 is 3.67. The Morgan fingerprint density at radius 3 is 2.28 bits per heavy atom. The minimum Gasteiger partial charge on any atom is -0.371 e. The van der Waals surface area contributed by atoms with Crippen molar-refractivity contribution in [3.63, 3.8) is 0 Å². The number of hydrogen-bond acceptors (Lipinski definition) is 1. The van der Waals surface area contributed by atoms with Crippen LogP contribution in [0.4, 0.5) is 5.69 Å². The van der Waals surface area contributed by atoms with Gasteiger partial charge in [-0.1, -0.05) is 54.9 Å². The van der Waals surface area contributed by atoms with Gasteiger partial charge in [-0.2, -0.15) is 0 Å². The minimum absolute atomic E-state index is 0.333. The first kappa shape index (κ1) is 15.6. The minimum atomic E-state index is 0.333. The first-order chi connectivity index (χ1) is 8.40. The molecule has 0 radical (unpaired) electrons. The van der Waals surface area contributed by atoms with Crippen molar-refractivity contribution in [3.8, 4) is 0 Å². The van der Waals surface area contributed by atoms with Crippen molar-refractivity contribution in [2.45, 2.75) is 34.6 Å². The highest BCUT2D eigenvalue weighted by Gasteiger charge is 2.25. The number of anilines is 1. The lowest BCUT2D eigenvalue weighted by Gasteiger charge is -2.35. The second-order valence-electron chi connectivity index (χ2n) is 6.04. The van der Waals surface area contributed by atoms with E-state index in [1.54, 1.807) is 0 Å². The van der Waals surface area contributed by atoms with Crippen LogP contribution in [0.3, 0.4) is 0 Å². The zero-order valence-corrected chi connectivity index (χ0v) is 13.9. The van der Waals surface area contributed by atoms with Gasteiger partial charge in [0.15, 0.2) is 0 Å². The van der Waals surface area contributed by atoms with Crippen molar-refractivity contribution < 1.29 is 0 Å². The summed E-state index contributed by atoms with van der Waals surface area (Å²) in [7, 11) is 0. The molecule has 102 valence electrons. The van der Waals surface area contributed by atoms with E-state index in [2.05, 4.69) is 79.7 Å². The summed E-state index contributed by atoms with van der Waals surface area (Å²) in [4.78, 5) is 2.49. The number of rotatable bonds is 5. The molecule has 1 rings (SSSR count). The Labute approximate surface area is 121 Å². The molecule has 0 aliphatic heterocycles. The molecule has 1 nitrogen and oxygen atoms in total. The van der Waals surface area contributed by atoms with Gasteiger partial charge in [-0.3, -0.25) is 0 Å². The van der Waals surface area contributed by atoms with Crippen molar-refractivity contribution in [3.05, 3.63) is 29.8 Å². The molecule has 2 heteroatoms. The summed E-state index contributed by atoms with van der Waals surface area (Å²) in [6.45, 7) is 13.6. The summed E-state index contributed by atoms with van der Waals surface area (Å²) in [5, 5.41) is 1.05. The molecule has 0 aliphatic rings. The van der Waals surface area contributed by atoms with Gasteiger partial charge in [0, 0.05) is 24.1 Å². The maximum absolute atomic E-state index is 3.67. The van der Waals surface area contributed by atoms with Crippen molar-refractivity contribution in [1.29, 1.82) is 0 Å². The van der Waals surface area contributed by atoms with Crippen LogP contribution in [0.15, 0.2) is 24.3 Å². The van der Waals surface area contributed by atoms with Crippen LogP contribution in [-0.2, 0) is 0 Å². The Bertz CT molecular complexity index is 368. The van der Waals surface area contributed by atoms with E-state index in [4.69, 9.17) is 0 Å². The maximum atomic E-state index is 3.67. The zero-order valence-electron chi connectivity index (χ0n) is 12.3. The summed E-state index contributed by atoms with van der Waals surface area (Å²) < 4.78 is 0. The second kappa shape index (κ2) is 6.60. The first-order valence-electron chi connectivity index (χ1n) is 6.76. The molecule has 0 spiro atoms. The van der Waals surface area contributed by atoms with Gasteiger partial charge in [0.2, 0.25) is 0 Å². The van der Waals surface area contributed by atoms with Crippen LogP contribution in [0.25, 0.3) is 0 Å². The third-order valence-electron chi connectivity index (χ3n) is 3.69. The zero-order chi connectivity index (χ0) is 13.8. The van der Waals surface area contributed by atoms with E-state index in [9.17, 15) is 0 Å². The quantitative estimate of drug-likeness (QED) is 0.701. The highest BCUT2D eigenvalue weighted by molar-refractivity contribution is 9.09. The monoisotopic (exact) mass is 311 g/mol. The Balaban J connectivity index is 2.88. The number of benzene rings is 1. The van der Waals surface area contributed by atoms with Gasteiger partial charge >= 0.3 is 0 Å². The molecule has 18 heavy (non-hydrogen) atoms. The van der Waals surface area contributed by atoms with Crippen LogP contribution in [0, 0.1) is 18.3 Å². The molecule has 0 saturated heterocycles. The average Bonchev–Trinajstić information content (AvgIpc) is 2.30. The molecule has 1 unspecified atom stereocenters. The standard InChI is InChI=1S/C16H26BrN/c1-6-18(12-14(11-17)16(3,4)5)15-10-8-7-9-13(15)2/h7-10,14H,6,11-12H2,1-5H3. The van der Waals surface area contributed by atoms with Gasteiger partial charge in [-0.15, -0.1) is 0 Å². The molecule has 1 atom stereocenters. The summed E-state index contributed by atoms with van der Waals surface area (Å²) in [6, 6.07) is 8.66. The topological polar surface area (TPSA) is 3.24 Å². The molecule has 1 aromatic rings. The predicted molar refractivity (Wildman–Crippen MR) is 85.8 cm³/mol. The van der Waals surface area contributed by atoms with Gasteiger partial charge in [0.1, 0.15) is 0 Å². The lowest BCUT2D eigenvalue weighted by Crippen LogP contribution is -2.36. The molecular weight excluding hydrogens is 286 g/mol. The van der Waals surface area contributed by atoms with E-state index >= 15 is 0 Å². The van der Waals surface area contributed by atoms with E-state index in [1.807, 2.05) is 0 Å². The van der Waals surface area contributed by atoms with Crippen molar-refractivity contribution in [2.24, 2.45) is 11.3 Å². The fourth-order valence-electron chi connectivity index (χ4n) is 2.14. The molecule has 0 aliphatic carbocycles. The predicted octanol–water partition coefficient (Wildman–Crippen LogP) is 4.88. The molecular formula is C16H26BrN. The van der Waals surface area contributed by atoms with Crippen LogP contribution in [0.1, 0.15) is 33.3 Å². The molecule has 0 fully saturated rings. The Morgan fingerprint density at radius 2 is 1.83 bits per heavy atom.